The molecule has 106 valence electrons. The molecular formula is C15H13N3OS2. The molecule has 1 amide bonds. The third-order valence-electron chi connectivity index (χ3n) is 3.11. The van der Waals surface area contributed by atoms with E-state index in [1.54, 1.807) is 12.3 Å². The first kappa shape index (κ1) is 13.9. The minimum Gasteiger partial charge on any atom is -0.366 e. The normalized spacial score (nSPS) is 10.8. The molecule has 6 heteroatoms. The second kappa shape index (κ2) is 5.38. The van der Waals surface area contributed by atoms with Crippen LogP contribution in [0.15, 0.2) is 29.1 Å². The Morgan fingerprint density at radius 3 is 2.57 bits per heavy atom. The number of hydrogen-bond donors (Lipinski definition) is 1. The van der Waals surface area contributed by atoms with Crippen molar-refractivity contribution in [3.8, 4) is 21.1 Å². The standard InChI is InChI=1S/C15H13N3OS2/c1-8-5-10(14-17-3-4-20-14)6-11(13(16)19)12(8)15-18-9(2)7-21-15/h3-7H,1-2H3,(H2,16,19). The number of primary amides is 1. The van der Waals surface area contributed by atoms with Gasteiger partial charge in [0, 0.05) is 33.8 Å². The van der Waals surface area contributed by atoms with Crippen LogP contribution in [0.4, 0.5) is 0 Å². The van der Waals surface area contributed by atoms with E-state index in [1.807, 2.05) is 30.7 Å². The molecule has 3 aromatic rings. The maximum atomic E-state index is 11.9. The Labute approximate surface area is 130 Å². The maximum Gasteiger partial charge on any atom is 0.249 e. The highest BCUT2D eigenvalue weighted by atomic mass is 32.1. The largest absolute Gasteiger partial charge is 0.366 e. The zero-order valence-electron chi connectivity index (χ0n) is 11.6. The minimum atomic E-state index is -0.445. The third kappa shape index (κ3) is 2.59. The number of aromatic nitrogens is 2. The van der Waals surface area contributed by atoms with Crippen LogP contribution in [0.5, 0.6) is 0 Å². The van der Waals surface area contributed by atoms with Crippen LogP contribution in [0.25, 0.3) is 21.1 Å². The van der Waals surface area contributed by atoms with Crippen LogP contribution < -0.4 is 5.73 Å². The van der Waals surface area contributed by atoms with Gasteiger partial charge in [-0.25, -0.2) is 9.97 Å². The second-order valence-electron chi connectivity index (χ2n) is 4.71. The van der Waals surface area contributed by atoms with E-state index in [4.69, 9.17) is 5.73 Å². The second-order valence-corrected chi connectivity index (χ2v) is 6.46. The van der Waals surface area contributed by atoms with Gasteiger partial charge in [0.2, 0.25) is 5.91 Å². The fourth-order valence-electron chi connectivity index (χ4n) is 2.22. The summed E-state index contributed by atoms with van der Waals surface area (Å²) < 4.78 is 0. The van der Waals surface area contributed by atoms with Crippen LogP contribution in [0.1, 0.15) is 21.6 Å². The quantitative estimate of drug-likeness (QED) is 0.802. The Hall–Kier alpha value is -2.05. The molecule has 1 aromatic carbocycles. The van der Waals surface area contributed by atoms with Gasteiger partial charge in [-0.15, -0.1) is 22.7 Å². The number of nitrogens with zero attached hydrogens (tertiary/aromatic N) is 2. The van der Waals surface area contributed by atoms with Crippen molar-refractivity contribution in [2.24, 2.45) is 5.73 Å². The van der Waals surface area contributed by atoms with Gasteiger partial charge in [-0.2, -0.15) is 0 Å². The summed E-state index contributed by atoms with van der Waals surface area (Å²) >= 11 is 3.05. The van der Waals surface area contributed by atoms with Gasteiger partial charge in [0.15, 0.2) is 0 Å². The lowest BCUT2D eigenvalue weighted by molar-refractivity contribution is 0.100. The first-order chi connectivity index (χ1) is 10.1. The molecule has 0 bridgehead atoms. The summed E-state index contributed by atoms with van der Waals surface area (Å²) in [6.07, 6.45) is 1.75. The maximum absolute atomic E-state index is 11.9. The van der Waals surface area contributed by atoms with Gasteiger partial charge >= 0.3 is 0 Å². The van der Waals surface area contributed by atoms with Gasteiger partial charge in [-0.05, 0) is 31.5 Å². The lowest BCUT2D eigenvalue weighted by Gasteiger charge is -2.10. The summed E-state index contributed by atoms with van der Waals surface area (Å²) in [4.78, 5) is 20.6. The molecule has 0 fully saturated rings. The van der Waals surface area contributed by atoms with Crippen molar-refractivity contribution in [2.45, 2.75) is 13.8 Å². The number of thiazole rings is 2. The molecule has 0 spiro atoms. The highest BCUT2D eigenvalue weighted by Gasteiger charge is 2.18. The Bertz CT molecular complexity index is 806. The molecule has 2 aromatic heterocycles. The molecule has 4 nitrogen and oxygen atoms in total. The molecular weight excluding hydrogens is 302 g/mol. The predicted molar refractivity (Wildman–Crippen MR) is 86.6 cm³/mol. The first-order valence-corrected chi connectivity index (χ1v) is 8.09. The molecule has 0 saturated heterocycles. The smallest absolute Gasteiger partial charge is 0.249 e. The van der Waals surface area contributed by atoms with E-state index in [1.165, 1.54) is 22.7 Å². The number of benzene rings is 1. The summed E-state index contributed by atoms with van der Waals surface area (Å²) in [6, 6.07) is 3.83. The molecule has 0 aliphatic heterocycles. The lowest BCUT2D eigenvalue weighted by Crippen LogP contribution is -2.13. The van der Waals surface area contributed by atoms with Crippen LogP contribution in [0, 0.1) is 13.8 Å². The molecule has 0 radical (unpaired) electrons. The Kier molecular flexibility index (Phi) is 3.57. The minimum absolute atomic E-state index is 0.445. The van der Waals surface area contributed by atoms with Crippen LogP contribution >= 0.6 is 22.7 Å². The van der Waals surface area contributed by atoms with Gasteiger partial charge in [-0.3, -0.25) is 4.79 Å². The van der Waals surface area contributed by atoms with Crippen LogP contribution in [0.3, 0.4) is 0 Å². The van der Waals surface area contributed by atoms with Crippen molar-refractivity contribution < 1.29 is 4.79 Å². The monoisotopic (exact) mass is 315 g/mol. The number of aryl methyl sites for hydroxylation is 2. The van der Waals surface area contributed by atoms with Gasteiger partial charge in [0.1, 0.15) is 10.0 Å². The number of nitrogens with two attached hydrogens (primary N) is 1. The van der Waals surface area contributed by atoms with Crippen molar-refractivity contribution in [1.82, 2.24) is 9.97 Å². The Morgan fingerprint density at radius 2 is 2.00 bits per heavy atom. The molecule has 0 atom stereocenters. The number of carbonyl (C=O) groups excluding carboxylic acids is 1. The summed E-state index contributed by atoms with van der Waals surface area (Å²) in [5.74, 6) is -0.445. The van der Waals surface area contributed by atoms with Gasteiger partial charge in [0.05, 0.1) is 5.56 Å². The van der Waals surface area contributed by atoms with Crippen molar-refractivity contribution >= 4 is 28.6 Å². The summed E-state index contributed by atoms with van der Waals surface area (Å²) in [5.41, 5.74) is 9.71. The zero-order valence-corrected chi connectivity index (χ0v) is 13.2. The van der Waals surface area contributed by atoms with Crippen molar-refractivity contribution in [1.29, 1.82) is 0 Å². The summed E-state index contributed by atoms with van der Waals surface area (Å²) in [5, 5.41) is 5.58. The fraction of sp³-hybridized carbons (Fsp3) is 0.133. The zero-order chi connectivity index (χ0) is 15.0. The van der Waals surface area contributed by atoms with E-state index < -0.39 is 5.91 Å². The number of amides is 1. The van der Waals surface area contributed by atoms with Crippen LogP contribution in [-0.4, -0.2) is 15.9 Å². The lowest BCUT2D eigenvalue weighted by atomic mass is 9.98. The van der Waals surface area contributed by atoms with E-state index in [2.05, 4.69) is 9.97 Å². The summed E-state index contributed by atoms with van der Waals surface area (Å²) in [7, 11) is 0. The van der Waals surface area contributed by atoms with Crippen LogP contribution in [-0.2, 0) is 0 Å². The number of rotatable bonds is 3. The predicted octanol–water partition coefficient (Wildman–Crippen LogP) is 3.65. The molecule has 0 aliphatic carbocycles. The SMILES string of the molecule is Cc1csc(-c2c(C)cc(-c3nccs3)cc2C(N)=O)n1. The highest BCUT2D eigenvalue weighted by Crippen LogP contribution is 2.34. The van der Waals surface area contributed by atoms with E-state index in [9.17, 15) is 4.79 Å². The molecule has 21 heavy (non-hydrogen) atoms. The van der Waals surface area contributed by atoms with Gasteiger partial charge in [-0.1, -0.05) is 0 Å². The summed E-state index contributed by atoms with van der Waals surface area (Å²) in [6.45, 7) is 3.90. The van der Waals surface area contributed by atoms with E-state index in [-0.39, 0.29) is 0 Å². The molecule has 2 N–H and O–H groups in total. The van der Waals surface area contributed by atoms with E-state index in [0.29, 0.717) is 5.56 Å². The van der Waals surface area contributed by atoms with Crippen molar-refractivity contribution in [3.05, 3.63) is 45.9 Å². The van der Waals surface area contributed by atoms with Gasteiger partial charge in [0.25, 0.3) is 0 Å². The molecule has 3 rings (SSSR count). The highest BCUT2D eigenvalue weighted by molar-refractivity contribution is 7.13. The van der Waals surface area contributed by atoms with E-state index >= 15 is 0 Å². The Morgan fingerprint density at radius 1 is 1.19 bits per heavy atom. The number of carbonyl (C=O) groups is 1. The molecule has 2 heterocycles. The van der Waals surface area contributed by atoms with Crippen molar-refractivity contribution in [3.63, 3.8) is 0 Å². The molecule has 0 aliphatic rings. The average Bonchev–Trinajstić information content (AvgIpc) is 3.08. The number of hydrogen-bond acceptors (Lipinski definition) is 5. The molecule has 0 saturated carbocycles. The topological polar surface area (TPSA) is 68.9 Å². The van der Waals surface area contributed by atoms with Crippen LogP contribution in [0.2, 0.25) is 0 Å². The molecule has 0 unspecified atom stereocenters. The van der Waals surface area contributed by atoms with E-state index in [0.717, 1.165) is 32.4 Å². The third-order valence-corrected chi connectivity index (χ3v) is 4.91. The van der Waals surface area contributed by atoms with Crippen molar-refractivity contribution in [2.75, 3.05) is 0 Å². The Balaban J connectivity index is 2.23. The fourth-order valence-corrected chi connectivity index (χ4v) is 3.77. The van der Waals surface area contributed by atoms with Gasteiger partial charge < -0.3 is 5.73 Å². The first-order valence-electron chi connectivity index (χ1n) is 6.33. The average molecular weight is 315 g/mol.